The summed E-state index contributed by atoms with van der Waals surface area (Å²) in [6, 6.07) is 0.686. The highest BCUT2D eigenvalue weighted by atomic mass is 32.2. The van der Waals surface area contributed by atoms with Crippen molar-refractivity contribution in [3.8, 4) is 0 Å². The Morgan fingerprint density at radius 3 is 3.08 bits per heavy atom. The molecule has 1 rings (SSSR count). The molecule has 78 valence electrons. The van der Waals surface area contributed by atoms with Crippen LogP contribution in [0.5, 0.6) is 0 Å². The summed E-state index contributed by atoms with van der Waals surface area (Å²) in [5, 5.41) is 3.39. The number of rotatable bonds is 5. The number of hydrogen-bond acceptors (Lipinski definition) is 3. The van der Waals surface area contributed by atoms with Crippen LogP contribution in [0.15, 0.2) is 0 Å². The summed E-state index contributed by atoms with van der Waals surface area (Å²) in [6.07, 6.45) is 2.47. The minimum atomic E-state index is 0.686. The van der Waals surface area contributed by atoms with Crippen LogP contribution in [-0.4, -0.2) is 37.8 Å². The van der Waals surface area contributed by atoms with Crippen molar-refractivity contribution in [1.29, 1.82) is 0 Å². The topological polar surface area (TPSA) is 21.3 Å². The van der Waals surface area contributed by atoms with E-state index >= 15 is 0 Å². The van der Waals surface area contributed by atoms with Gasteiger partial charge in [-0.3, -0.25) is 0 Å². The van der Waals surface area contributed by atoms with Gasteiger partial charge in [0.15, 0.2) is 0 Å². The lowest BCUT2D eigenvalue weighted by Crippen LogP contribution is -2.41. The van der Waals surface area contributed by atoms with E-state index in [2.05, 4.69) is 19.3 Å². The molecule has 0 radical (unpaired) electrons. The van der Waals surface area contributed by atoms with E-state index in [1.54, 1.807) is 0 Å². The number of nitrogens with one attached hydrogen (secondary N) is 1. The van der Waals surface area contributed by atoms with Crippen LogP contribution in [0.1, 0.15) is 19.8 Å². The van der Waals surface area contributed by atoms with Gasteiger partial charge >= 0.3 is 0 Å². The lowest BCUT2D eigenvalue weighted by atomic mass is 9.93. The molecule has 13 heavy (non-hydrogen) atoms. The molecule has 1 aliphatic heterocycles. The van der Waals surface area contributed by atoms with Crippen LogP contribution in [-0.2, 0) is 4.74 Å². The van der Waals surface area contributed by atoms with Crippen LogP contribution >= 0.6 is 11.8 Å². The first-order valence-electron chi connectivity index (χ1n) is 5.21. The summed E-state index contributed by atoms with van der Waals surface area (Å²) in [7, 11) is 2.07. The van der Waals surface area contributed by atoms with E-state index in [-0.39, 0.29) is 0 Å². The van der Waals surface area contributed by atoms with E-state index in [0.29, 0.717) is 6.04 Å². The summed E-state index contributed by atoms with van der Waals surface area (Å²) in [6.45, 7) is 4.11. The third-order valence-electron chi connectivity index (χ3n) is 2.68. The van der Waals surface area contributed by atoms with E-state index in [1.165, 1.54) is 24.3 Å². The summed E-state index contributed by atoms with van der Waals surface area (Å²) < 4.78 is 5.50. The fourth-order valence-corrected chi connectivity index (χ4v) is 2.60. The quantitative estimate of drug-likeness (QED) is 0.688. The molecule has 0 bridgehead atoms. The van der Waals surface area contributed by atoms with E-state index in [4.69, 9.17) is 4.74 Å². The van der Waals surface area contributed by atoms with E-state index in [1.807, 2.05) is 11.8 Å². The Balaban J connectivity index is 2.19. The maximum atomic E-state index is 5.50. The van der Waals surface area contributed by atoms with E-state index in [9.17, 15) is 0 Å². The number of hydrogen-bond donors (Lipinski definition) is 1. The normalized spacial score (nSPS) is 29.1. The third kappa shape index (κ3) is 3.88. The van der Waals surface area contributed by atoms with Gasteiger partial charge in [-0.1, -0.05) is 6.92 Å². The van der Waals surface area contributed by atoms with Gasteiger partial charge in [-0.15, -0.1) is 0 Å². The average molecular weight is 203 g/mol. The SMILES string of the molecule is CCSCCC1COCCC1NC. The minimum absolute atomic E-state index is 0.686. The number of ether oxygens (including phenoxy) is 1. The van der Waals surface area contributed by atoms with Crippen molar-refractivity contribution < 1.29 is 4.74 Å². The molecule has 1 N–H and O–H groups in total. The van der Waals surface area contributed by atoms with Crippen molar-refractivity contribution in [2.75, 3.05) is 31.8 Å². The molecule has 0 amide bonds. The Bertz CT molecular complexity index is 132. The number of thioether (sulfide) groups is 1. The highest BCUT2D eigenvalue weighted by molar-refractivity contribution is 7.99. The van der Waals surface area contributed by atoms with Crippen LogP contribution in [0.3, 0.4) is 0 Å². The van der Waals surface area contributed by atoms with Crippen molar-refractivity contribution in [2.45, 2.75) is 25.8 Å². The first kappa shape index (κ1) is 11.3. The molecular formula is C10H21NOS. The molecular weight excluding hydrogens is 182 g/mol. The Morgan fingerprint density at radius 1 is 1.54 bits per heavy atom. The Hall–Kier alpha value is 0.270. The smallest absolute Gasteiger partial charge is 0.0509 e. The highest BCUT2D eigenvalue weighted by Crippen LogP contribution is 2.19. The first-order chi connectivity index (χ1) is 6.38. The van der Waals surface area contributed by atoms with Gasteiger partial charge in [0.05, 0.1) is 6.61 Å². The molecule has 3 heteroatoms. The lowest BCUT2D eigenvalue weighted by Gasteiger charge is -2.31. The molecule has 1 saturated heterocycles. The standard InChI is InChI=1S/C10H21NOS/c1-3-13-7-5-9-8-12-6-4-10(9)11-2/h9-11H,3-8H2,1-2H3. The van der Waals surface area contributed by atoms with Gasteiger partial charge in [-0.05, 0) is 37.3 Å². The summed E-state index contributed by atoms with van der Waals surface area (Å²) in [5.41, 5.74) is 0. The molecule has 0 spiro atoms. The third-order valence-corrected chi connectivity index (χ3v) is 3.61. The van der Waals surface area contributed by atoms with Crippen molar-refractivity contribution in [3.63, 3.8) is 0 Å². The predicted octanol–water partition coefficient (Wildman–Crippen LogP) is 1.75. The molecule has 0 aromatic rings. The van der Waals surface area contributed by atoms with Crippen LogP contribution in [0.2, 0.25) is 0 Å². The fraction of sp³-hybridized carbons (Fsp3) is 1.00. The van der Waals surface area contributed by atoms with Gasteiger partial charge in [0.25, 0.3) is 0 Å². The summed E-state index contributed by atoms with van der Waals surface area (Å²) in [4.78, 5) is 0. The summed E-state index contributed by atoms with van der Waals surface area (Å²) >= 11 is 2.03. The fourth-order valence-electron chi connectivity index (χ4n) is 1.84. The Kier molecular flexibility index (Phi) is 5.83. The van der Waals surface area contributed by atoms with Crippen molar-refractivity contribution in [2.24, 2.45) is 5.92 Å². The second-order valence-corrected chi connectivity index (χ2v) is 4.90. The second-order valence-electron chi connectivity index (χ2n) is 3.50. The van der Waals surface area contributed by atoms with Gasteiger partial charge < -0.3 is 10.1 Å². The average Bonchev–Trinajstić information content (AvgIpc) is 2.19. The van der Waals surface area contributed by atoms with Crippen LogP contribution in [0.25, 0.3) is 0 Å². The van der Waals surface area contributed by atoms with Gasteiger partial charge in [0.1, 0.15) is 0 Å². The maximum absolute atomic E-state index is 5.50. The van der Waals surface area contributed by atoms with Crippen molar-refractivity contribution >= 4 is 11.8 Å². The maximum Gasteiger partial charge on any atom is 0.0509 e. The molecule has 1 heterocycles. The molecule has 0 aromatic carbocycles. The van der Waals surface area contributed by atoms with Crippen LogP contribution in [0.4, 0.5) is 0 Å². The van der Waals surface area contributed by atoms with Gasteiger partial charge in [-0.25, -0.2) is 0 Å². The summed E-state index contributed by atoms with van der Waals surface area (Å²) in [5.74, 6) is 3.25. The highest BCUT2D eigenvalue weighted by Gasteiger charge is 2.23. The first-order valence-corrected chi connectivity index (χ1v) is 6.36. The van der Waals surface area contributed by atoms with E-state index < -0.39 is 0 Å². The minimum Gasteiger partial charge on any atom is -0.381 e. The van der Waals surface area contributed by atoms with Gasteiger partial charge in [0, 0.05) is 12.6 Å². The Labute approximate surface area is 85.8 Å². The molecule has 1 aliphatic rings. The van der Waals surface area contributed by atoms with Gasteiger partial charge in [0.2, 0.25) is 0 Å². The van der Waals surface area contributed by atoms with Gasteiger partial charge in [-0.2, -0.15) is 11.8 Å². The molecule has 0 aliphatic carbocycles. The zero-order valence-electron chi connectivity index (χ0n) is 8.71. The van der Waals surface area contributed by atoms with Crippen LogP contribution in [0, 0.1) is 5.92 Å². The van der Waals surface area contributed by atoms with Crippen molar-refractivity contribution in [1.82, 2.24) is 5.32 Å². The Morgan fingerprint density at radius 2 is 2.38 bits per heavy atom. The van der Waals surface area contributed by atoms with E-state index in [0.717, 1.165) is 19.1 Å². The molecule has 1 fully saturated rings. The predicted molar refractivity (Wildman–Crippen MR) is 59.4 cm³/mol. The molecule has 0 aromatic heterocycles. The second kappa shape index (κ2) is 6.68. The zero-order chi connectivity index (χ0) is 9.52. The molecule has 2 nitrogen and oxygen atoms in total. The van der Waals surface area contributed by atoms with Crippen LogP contribution < -0.4 is 5.32 Å². The molecule has 2 unspecified atom stereocenters. The van der Waals surface area contributed by atoms with Crippen molar-refractivity contribution in [3.05, 3.63) is 0 Å². The lowest BCUT2D eigenvalue weighted by molar-refractivity contribution is 0.0331. The zero-order valence-corrected chi connectivity index (χ0v) is 9.53. The molecule has 0 saturated carbocycles. The molecule has 2 atom stereocenters. The monoisotopic (exact) mass is 203 g/mol. The largest absolute Gasteiger partial charge is 0.381 e.